The number of carbonyl (C=O) groups is 1. The summed E-state index contributed by atoms with van der Waals surface area (Å²) in [6.07, 6.45) is 0.306. The van der Waals surface area contributed by atoms with Crippen molar-refractivity contribution in [3.05, 3.63) is 10.4 Å². The highest BCUT2D eigenvalue weighted by atomic mass is 16.6. The first kappa shape index (κ1) is 15.6. The van der Waals surface area contributed by atoms with E-state index >= 15 is 0 Å². The zero-order chi connectivity index (χ0) is 14.5. The van der Waals surface area contributed by atoms with Crippen LogP contribution in [0.25, 0.3) is 10.4 Å². The quantitative estimate of drug-likeness (QED) is 0.448. The van der Waals surface area contributed by atoms with Crippen LogP contribution in [0.4, 0.5) is 4.79 Å². The maximum Gasteiger partial charge on any atom is 0.410 e. The Kier molecular flexibility index (Phi) is 5.44. The van der Waals surface area contributed by atoms with Gasteiger partial charge >= 0.3 is 6.09 Å². The Balaban J connectivity index is 2.58. The van der Waals surface area contributed by atoms with E-state index in [2.05, 4.69) is 10.0 Å². The molecule has 7 nitrogen and oxygen atoms in total. The summed E-state index contributed by atoms with van der Waals surface area (Å²) < 4.78 is 10.7. The highest BCUT2D eigenvalue weighted by Gasteiger charge is 2.33. The molecule has 1 fully saturated rings. The number of nitrogens with zero attached hydrogens (tertiary/aromatic N) is 4. The van der Waals surface area contributed by atoms with Crippen LogP contribution >= 0.6 is 0 Å². The Bertz CT molecular complexity index is 360. The van der Waals surface area contributed by atoms with Crippen molar-refractivity contribution >= 4 is 6.09 Å². The minimum atomic E-state index is -0.498. The molecule has 0 aliphatic carbocycles. The molecule has 1 saturated heterocycles. The smallest absolute Gasteiger partial charge is 0.410 e. The number of azide groups is 1. The number of carbonyl (C=O) groups excluding carboxylic acids is 1. The van der Waals surface area contributed by atoms with Crippen molar-refractivity contribution in [2.24, 2.45) is 11.0 Å². The summed E-state index contributed by atoms with van der Waals surface area (Å²) in [5.74, 6) is 0.152. The van der Waals surface area contributed by atoms with Gasteiger partial charge in [-0.1, -0.05) is 5.11 Å². The standard InChI is InChI=1S/C12H22N4O3/c1-12(2,3)19-11(17)16-6-5-9(7-14-15-13)10(8-16)18-4/h9-10H,5-8H2,1-4H3/t9-,10-/m1/s1. The second-order valence-corrected chi connectivity index (χ2v) is 5.66. The molecule has 1 heterocycles. The Morgan fingerprint density at radius 3 is 2.74 bits per heavy atom. The van der Waals surface area contributed by atoms with Gasteiger partial charge in [-0.05, 0) is 38.6 Å². The van der Waals surface area contributed by atoms with E-state index in [-0.39, 0.29) is 18.1 Å². The maximum absolute atomic E-state index is 12.0. The van der Waals surface area contributed by atoms with Crippen LogP contribution in [-0.2, 0) is 9.47 Å². The van der Waals surface area contributed by atoms with Crippen LogP contribution in [0.1, 0.15) is 27.2 Å². The molecule has 0 aromatic rings. The van der Waals surface area contributed by atoms with Crippen LogP contribution in [0, 0.1) is 5.92 Å². The molecule has 0 aromatic heterocycles. The predicted molar refractivity (Wildman–Crippen MR) is 70.7 cm³/mol. The molecule has 0 radical (unpaired) electrons. The minimum absolute atomic E-state index is 0.119. The maximum atomic E-state index is 12.0. The summed E-state index contributed by atoms with van der Waals surface area (Å²) in [4.78, 5) is 16.4. The molecule has 0 unspecified atom stereocenters. The van der Waals surface area contributed by atoms with Gasteiger partial charge < -0.3 is 14.4 Å². The summed E-state index contributed by atoms with van der Waals surface area (Å²) in [6, 6.07) is 0. The number of piperidine rings is 1. The molecule has 0 aromatic carbocycles. The summed E-state index contributed by atoms with van der Waals surface area (Å²) in [5.41, 5.74) is 7.86. The molecule has 0 N–H and O–H groups in total. The molecular weight excluding hydrogens is 248 g/mol. The molecule has 1 aliphatic rings. The van der Waals surface area contributed by atoms with E-state index in [4.69, 9.17) is 15.0 Å². The number of ether oxygens (including phenoxy) is 2. The SMILES string of the molecule is CO[C@@H]1CN(C(=O)OC(C)(C)C)CC[C@@H]1CN=[N+]=[N-]. The van der Waals surface area contributed by atoms with E-state index in [0.717, 1.165) is 6.42 Å². The first-order valence-electron chi connectivity index (χ1n) is 6.39. The fourth-order valence-corrected chi connectivity index (χ4v) is 2.07. The van der Waals surface area contributed by atoms with Crippen molar-refractivity contribution in [1.82, 2.24) is 4.90 Å². The second kappa shape index (κ2) is 6.63. The van der Waals surface area contributed by atoms with E-state index < -0.39 is 5.60 Å². The average molecular weight is 270 g/mol. The molecular formula is C12H22N4O3. The van der Waals surface area contributed by atoms with Gasteiger partial charge in [-0.3, -0.25) is 0 Å². The van der Waals surface area contributed by atoms with Gasteiger partial charge in [0.25, 0.3) is 0 Å². The largest absolute Gasteiger partial charge is 0.444 e. The normalized spacial score (nSPS) is 23.7. The fourth-order valence-electron chi connectivity index (χ4n) is 2.07. The third-order valence-electron chi connectivity index (χ3n) is 3.03. The predicted octanol–water partition coefficient (Wildman–Crippen LogP) is 2.57. The van der Waals surface area contributed by atoms with E-state index in [1.54, 1.807) is 12.0 Å². The monoisotopic (exact) mass is 270 g/mol. The molecule has 0 spiro atoms. The summed E-state index contributed by atoms with van der Waals surface area (Å²) in [7, 11) is 1.60. The van der Waals surface area contributed by atoms with Gasteiger partial charge in [0.2, 0.25) is 0 Å². The van der Waals surface area contributed by atoms with Crippen molar-refractivity contribution in [3.8, 4) is 0 Å². The van der Waals surface area contributed by atoms with Crippen molar-refractivity contribution in [1.29, 1.82) is 0 Å². The summed E-state index contributed by atoms with van der Waals surface area (Å²) >= 11 is 0. The molecule has 7 heteroatoms. The third kappa shape index (κ3) is 4.96. The van der Waals surface area contributed by atoms with Crippen molar-refractivity contribution in [2.45, 2.75) is 38.9 Å². The molecule has 1 rings (SSSR count). The summed E-state index contributed by atoms with van der Waals surface area (Å²) in [5, 5.41) is 3.59. The molecule has 0 bridgehead atoms. The van der Waals surface area contributed by atoms with Crippen LogP contribution < -0.4 is 0 Å². The lowest BCUT2D eigenvalue weighted by Gasteiger charge is -2.37. The second-order valence-electron chi connectivity index (χ2n) is 5.66. The molecule has 2 atom stereocenters. The number of rotatable bonds is 3. The third-order valence-corrected chi connectivity index (χ3v) is 3.03. The van der Waals surface area contributed by atoms with E-state index in [1.165, 1.54) is 0 Å². The van der Waals surface area contributed by atoms with Gasteiger partial charge in [-0.15, -0.1) is 0 Å². The average Bonchev–Trinajstić information content (AvgIpc) is 2.34. The lowest BCUT2D eigenvalue weighted by atomic mass is 9.94. The number of hydrogen-bond acceptors (Lipinski definition) is 4. The van der Waals surface area contributed by atoms with E-state index in [0.29, 0.717) is 19.6 Å². The number of methoxy groups -OCH3 is 1. The van der Waals surface area contributed by atoms with Crippen molar-refractivity contribution in [2.75, 3.05) is 26.7 Å². The first-order valence-corrected chi connectivity index (χ1v) is 6.39. The summed E-state index contributed by atoms with van der Waals surface area (Å²) in [6.45, 7) is 6.99. The van der Waals surface area contributed by atoms with E-state index in [9.17, 15) is 4.79 Å². The Morgan fingerprint density at radius 2 is 2.21 bits per heavy atom. The van der Waals surface area contributed by atoms with Crippen LogP contribution in [-0.4, -0.2) is 49.4 Å². The van der Waals surface area contributed by atoms with Gasteiger partial charge in [-0.2, -0.15) is 0 Å². The van der Waals surface area contributed by atoms with E-state index in [1.807, 2.05) is 20.8 Å². The van der Waals surface area contributed by atoms with Crippen LogP contribution in [0.2, 0.25) is 0 Å². The molecule has 108 valence electrons. The highest BCUT2D eigenvalue weighted by molar-refractivity contribution is 5.68. The topological polar surface area (TPSA) is 87.5 Å². The molecule has 1 amide bonds. The Hall–Kier alpha value is -1.46. The first-order chi connectivity index (χ1) is 8.87. The lowest BCUT2D eigenvalue weighted by Crippen LogP contribution is -2.49. The minimum Gasteiger partial charge on any atom is -0.444 e. The number of amides is 1. The molecule has 1 aliphatic heterocycles. The Morgan fingerprint density at radius 1 is 1.53 bits per heavy atom. The highest BCUT2D eigenvalue weighted by Crippen LogP contribution is 2.22. The number of hydrogen-bond donors (Lipinski definition) is 0. The molecule has 0 saturated carbocycles. The van der Waals surface area contributed by atoms with Crippen LogP contribution in [0.15, 0.2) is 5.11 Å². The van der Waals surface area contributed by atoms with Crippen LogP contribution in [0.3, 0.4) is 0 Å². The van der Waals surface area contributed by atoms with Gasteiger partial charge in [0.15, 0.2) is 0 Å². The number of likely N-dealkylation sites (tertiary alicyclic amines) is 1. The fraction of sp³-hybridized carbons (Fsp3) is 0.917. The van der Waals surface area contributed by atoms with Crippen molar-refractivity contribution in [3.63, 3.8) is 0 Å². The Labute approximate surface area is 113 Å². The zero-order valence-corrected chi connectivity index (χ0v) is 12.0. The van der Waals surface area contributed by atoms with Crippen LogP contribution in [0.5, 0.6) is 0 Å². The lowest BCUT2D eigenvalue weighted by molar-refractivity contribution is -0.0266. The zero-order valence-electron chi connectivity index (χ0n) is 12.0. The van der Waals surface area contributed by atoms with Gasteiger partial charge in [0.05, 0.1) is 12.6 Å². The van der Waals surface area contributed by atoms with Gasteiger partial charge in [-0.25, -0.2) is 4.79 Å². The van der Waals surface area contributed by atoms with Crippen molar-refractivity contribution < 1.29 is 14.3 Å². The van der Waals surface area contributed by atoms with Gasteiger partial charge in [0.1, 0.15) is 5.60 Å². The van der Waals surface area contributed by atoms with Gasteiger partial charge in [0, 0.05) is 25.1 Å². The molecule has 19 heavy (non-hydrogen) atoms.